The van der Waals surface area contributed by atoms with E-state index in [0.29, 0.717) is 18.9 Å². The van der Waals surface area contributed by atoms with E-state index in [4.69, 9.17) is 4.74 Å². The van der Waals surface area contributed by atoms with Crippen molar-refractivity contribution in [1.29, 1.82) is 0 Å². The lowest BCUT2D eigenvalue weighted by Gasteiger charge is -2.24. The van der Waals surface area contributed by atoms with Crippen molar-refractivity contribution in [2.24, 2.45) is 7.05 Å². The van der Waals surface area contributed by atoms with Gasteiger partial charge in [0.05, 0.1) is 18.0 Å². The Hall–Kier alpha value is -1.88. The second-order valence-corrected chi connectivity index (χ2v) is 6.02. The van der Waals surface area contributed by atoms with Crippen LogP contribution in [0.1, 0.15) is 11.1 Å². The number of carbonyl (C=O) groups excluding carboxylic acids is 1. The third-order valence-corrected chi connectivity index (χ3v) is 4.77. The van der Waals surface area contributed by atoms with Gasteiger partial charge < -0.3 is 14.2 Å². The molecule has 0 aliphatic carbocycles. The van der Waals surface area contributed by atoms with Crippen LogP contribution in [0.3, 0.4) is 0 Å². The van der Waals surface area contributed by atoms with Gasteiger partial charge in [-0.3, -0.25) is 4.79 Å². The first-order valence-corrected chi connectivity index (χ1v) is 8.01. The third kappa shape index (κ3) is 3.08. The van der Waals surface area contributed by atoms with Crippen molar-refractivity contribution in [2.75, 3.05) is 18.9 Å². The van der Waals surface area contributed by atoms with Crippen LogP contribution < -0.4 is 4.74 Å². The Kier molecular flexibility index (Phi) is 4.20. The summed E-state index contributed by atoms with van der Waals surface area (Å²) in [6, 6.07) is 13.8. The van der Waals surface area contributed by atoms with Gasteiger partial charge in [-0.05, 0) is 24.3 Å². The minimum Gasteiger partial charge on any atom is -0.492 e. The average Bonchev–Trinajstić information content (AvgIpc) is 3.07. The highest BCUT2D eigenvalue weighted by molar-refractivity contribution is 8.00. The maximum atomic E-state index is 12.1. The molecular formula is C16H18N2O2S. The number of hydrogen-bond donors (Lipinski definition) is 0. The SMILES string of the molecule is Cn1cccc1C1SCC(=O)N1CCOc1ccccc1. The standard InChI is InChI=1S/C16H18N2O2S/c1-17-9-5-8-14(17)16-18(15(19)12-21-16)10-11-20-13-6-3-2-4-7-13/h2-9,16H,10-12H2,1H3. The Morgan fingerprint density at radius 2 is 2.05 bits per heavy atom. The molecule has 1 atom stereocenters. The van der Waals surface area contributed by atoms with Crippen LogP contribution in [0.15, 0.2) is 48.7 Å². The van der Waals surface area contributed by atoms with Crippen molar-refractivity contribution >= 4 is 17.7 Å². The number of aromatic nitrogens is 1. The molecule has 1 aliphatic heterocycles. The van der Waals surface area contributed by atoms with Gasteiger partial charge in [0.25, 0.3) is 0 Å². The predicted octanol–water partition coefficient (Wildman–Crippen LogP) is 2.68. The summed E-state index contributed by atoms with van der Waals surface area (Å²) < 4.78 is 7.77. The lowest BCUT2D eigenvalue weighted by molar-refractivity contribution is -0.128. The maximum Gasteiger partial charge on any atom is 0.233 e. The number of aryl methyl sites for hydroxylation is 1. The molecule has 1 aromatic heterocycles. The topological polar surface area (TPSA) is 34.5 Å². The quantitative estimate of drug-likeness (QED) is 0.851. The van der Waals surface area contributed by atoms with E-state index in [2.05, 4.69) is 10.6 Å². The number of benzene rings is 1. The summed E-state index contributed by atoms with van der Waals surface area (Å²) in [5, 5.41) is 0.0943. The molecule has 0 saturated carbocycles. The highest BCUT2D eigenvalue weighted by Crippen LogP contribution is 2.38. The first kappa shape index (κ1) is 14.1. The predicted molar refractivity (Wildman–Crippen MR) is 84.3 cm³/mol. The van der Waals surface area contributed by atoms with Gasteiger partial charge >= 0.3 is 0 Å². The number of thioether (sulfide) groups is 1. The average molecular weight is 302 g/mol. The molecule has 0 N–H and O–H groups in total. The van der Waals surface area contributed by atoms with Gasteiger partial charge in [0.15, 0.2) is 0 Å². The summed E-state index contributed by atoms with van der Waals surface area (Å²) in [4.78, 5) is 14.0. The van der Waals surface area contributed by atoms with Crippen LogP contribution in [-0.4, -0.2) is 34.3 Å². The van der Waals surface area contributed by atoms with Crippen molar-refractivity contribution in [1.82, 2.24) is 9.47 Å². The van der Waals surface area contributed by atoms with E-state index in [9.17, 15) is 4.79 Å². The van der Waals surface area contributed by atoms with Crippen LogP contribution in [-0.2, 0) is 11.8 Å². The number of hydrogen-bond acceptors (Lipinski definition) is 3. The van der Waals surface area contributed by atoms with Crippen LogP contribution in [0.5, 0.6) is 5.75 Å². The van der Waals surface area contributed by atoms with Crippen LogP contribution in [0.2, 0.25) is 0 Å². The van der Waals surface area contributed by atoms with Gasteiger partial charge in [0.1, 0.15) is 17.7 Å². The molecule has 5 heteroatoms. The first-order valence-electron chi connectivity index (χ1n) is 6.96. The largest absolute Gasteiger partial charge is 0.492 e. The minimum atomic E-state index is 0.0943. The molecule has 2 aromatic rings. The Morgan fingerprint density at radius 1 is 1.24 bits per heavy atom. The fourth-order valence-electron chi connectivity index (χ4n) is 2.45. The fraction of sp³-hybridized carbons (Fsp3) is 0.312. The molecule has 110 valence electrons. The van der Waals surface area contributed by atoms with Crippen LogP contribution in [0, 0.1) is 0 Å². The third-order valence-electron chi connectivity index (χ3n) is 3.55. The molecule has 1 aliphatic rings. The minimum absolute atomic E-state index is 0.0943. The molecule has 21 heavy (non-hydrogen) atoms. The smallest absolute Gasteiger partial charge is 0.233 e. The molecule has 1 aromatic carbocycles. The van der Waals surface area contributed by atoms with E-state index in [-0.39, 0.29) is 11.3 Å². The maximum absolute atomic E-state index is 12.1. The number of carbonyl (C=O) groups is 1. The van der Waals surface area contributed by atoms with Gasteiger partial charge in [-0.25, -0.2) is 0 Å². The van der Waals surface area contributed by atoms with Gasteiger partial charge in [0, 0.05) is 13.2 Å². The zero-order chi connectivity index (χ0) is 14.7. The molecule has 0 bridgehead atoms. The Bertz CT molecular complexity index is 612. The number of ether oxygens (including phenoxy) is 1. The normalized spacial score (nSPS) is 18.2. The summed E-state index contributed by atoms with van der Waals surface area (Å²) in [6.45, 7) is 1.12. The number of amides is 1. The van der Waals surface area contributed by atoms with Crippen LogP contribution in [0.4, 0.5) is 0 Å². The zero-order valence-electron chi connectivity index (χ0n) is 11.9. The van der Waals surface area contributed by atoms with E-state index in [1.165, 1.54) is 0 Å². The highest BCUT2D eigenvalue weighted by atomic mass is 32.2. The second kappa shape index (κ2) is 6.26. The molecular weight excluding hydrogens is 284 g/mol. The lowest BCUT2D eigenvalue weighted by atomic mass is 10.3. The first-order chi connectivity index (χ1) is 10.3. The van der Waals surface area contributed by atoms with E-state index in [1.807, 2.05) is 54.5 Å². The summed E-state index contributed by atoms with van der Waals surface area (Å²) in [7, 11) is 2.01. The second-order valence-electron chi connectivity index (χ2n) is 4.96. The van der Waals surface area contributed by atoms with Crippen molar-refractivity contribution in [3.05, 3.63) is 54.4 Å². The van der Waals surface area contributed by atoms with Crippen LogP contribution in [0.25, 0.3) is 0 Å². The van der Waals surface area contributed by atoms with E-state index >= 15 is 0 Å². The Labute approximate surface area is 128 Å². The molecule has 0 radical (unpaired) electrons. The summed E-state index contributed by atoms with van der Waals surface area (Å²) in [5.41, 5.74) is 1.16. The van der Waals surface area contributed by atoms with Crippen molar-refractivity contribution in [2.45, 2.75) is 5.37 Å². The van der Waals surface area contributed by atoms with Crippen molar-refractivity contribution in [3.63, 3.8) is 0 Å². The Morgan fingerprint density at radius 3 is 2.76 bits per heavy atom. The molecule has 1 amide bonds. The summed E-state index contributed by atoms with van der Waals surface area (Å²) in [5.74, 6) is 1.57. The monoisotopic (exact) mass is 302 g/mol. The highest BCUT2D eigenvalue weighted by Gasteiger charge is 2.33. The lowest BCUT2D eigenvalue weighted by Crippen LogP contribution is -2.32. The molecule has 1 fully saturated rings. The molecule has 4 nitrogen and oxygen atoms in total. The van der Waals surface area contributed by atoms with Gasteiger partial charge in [-0.1, -0.05) is 18.2 Å². The molecule has 0 spiro atoms. The van der Waals surface area contributed by atoms with Crippen LogP contribution >= 0.6 is 11.8 Å². The number of para-hydroxylation sites is 1. The Balaban J connectivity index is 1.63. The van der Waals surface area contributed by atoms with Crippen molar-refractivity contribution in [3.8, 4) is 5.75 Å². The molecule has 3 rings (SSSR count). The van der Waals surface area contributed by atoms with Gasteiger partial charge in [0.2, 0.25) is 5.91 Å². The molecule has 1 saturated heterocycles. The fourth-order valence-corrected chi connectivity index (χ4v) is 3.74. The van der Waals surface area contributed by atoms with E-state index in [1.54, 1.807) is 11.8 Å². The van der Waals surface area contributed by atoms with Gasteiger partial charge in [-0.2, -0.15) is 0 Å². The number of rotatable bonds is 5. The molecule has 1 unspecified atom stereocenters. The molecule has 2 heterocycles. The summed E-state index contributed by atoms with van der Waals surface area (Å²) in [6.07, 6.45) is 2.01. The summed E-state index contributed by atoms with van der Waals surface area (Å²) >= 11 is 1.68. The van der Waals surface area contributed by atoms with Gasteiger partial charge in [-0.15, -0.1) is 11.8 Å². The van der Waals surface area contributed by atoms with E-state index < -0.39 is 0 Å². The van der Waals surface area contributed by atoms with E-state index in [0.717, 1.165) is 11.4 Å². The number of nitrogens with zero attached hydrogens (tertiary/aromatic N) is 2. The zero-order valence-corrected chi connectivity index (χ0v) is 12.8. The van der Waals surface area contributed by atoms with Crippen molar-refractivity contribution < 1.29 is 9.53 Å².